The van der Waals surface area contributed by atoms with Gasteiger partial charge in [0.05, 0.1) is 0 Å². The Morgan fingerprint density at radius 2 is 2.11 bits per heavy atom. The average Bonchev–Trinajstić information content (AvgIpc) is 2.57. The molecule has 100 valence electrons. The molecule has 0 aromatic carbocycles. The van der Waals surface area contributed by atoms with Gasteiger partial charge >= 0.3 is 0 Å². The summed E-state index contributed by atoms with van der Waals surface area (Å²) >= 11 is 0. The van der Waals surface area contributed by atoms with Crippen LogP contribution in [0.4, 0.5) is 0 Å². The Labute approximate surface area is 110 Å². The van der Waals surface area contributed by atoms with Crippen LogP contribution in [-0.2, 0) is 9.05 Å². The molecule has 0 unspecified atom stereocenters. The lowest BCUT2D eigenvalue weighted by molar-refractivity contribution is 0.0820. The highest BCUT2D eigenvalue weighted by Gasteiger charge is 2.34. The van der Waals surface area contributed by atoms with Crippen molar-refractivity contribution in [3.05, 3.63) is 17.6 Å². The third-order valence-electron chi connectivity index (χ3n) is 3.23. The Kier molecular flexibility index (Phi) is 3.19. The van der Waals surface area contributed by atoms with Gasteiger partial charge in [0, 0.05) is 22.3 Å². The molecule has 1 aliphatic carbocycles. The van der Waals surface area contributed by atoms with Crippen molar-refractivity contribution in [2.75, 3.05) is 0 Å². The predicted octanol–water partition coefficient (Wildman–Crippen LogP) is 2.19. The lowest BCUT2D eigenvalue weighted by atomic mass is 9.78. The van der Waals surface area contributed by atoms with Crippen LogP contribution in [0.5, 0.6) is 0 Å². The molecule has 1 amide bonds. The SMILES string of the molecule is Cc1oc(C(=O)NC2(C)CCC2)cc1S(=O)(=O)Cl. The highest BCUT2D eigenvalue weighted by molar-refractivity contribution is 8.13. The van der Waals surface area contributed by atoms with Crippen molar-refractivity contribution in [3.8, 4) is 0 Å². The number of aryl methyl sites for hydroxylation is 1. The largest absolute Gasteiger partial charge is 0.455 e. The molecular weight excluding hydrogens is 278 g/mol. The zero-order valence-electron chi connectivity index (χ0n) is 10.1. The molecule has 18 heavy (non-hydrogen) atoms. The Hall–Kier alpha value is -1.01. The van der Waals surface area contributed by atoms with Crippen LogP contribution < -0.4 is 5.32 Å². The van der Waals surface area contributed by atoms with Crippen LogP contribution in [0.15, 0.2) is 15.4 Å². The molecule has 0 radical (unpaired) electrons. The summed E-state index contributed by atoms with van der Waals surface area (Å²) in [6, 6.07) is 1.16. The van der Waals surface area contributed by atoms with Gasteiger partial charge in [0.15, 0.2) is 5.76 Å². The van der Waals surface area contributed by atoms with Crippen LogP contribution in [0.1, 0.15) is 42.5 Å². The predicted molar refractivity (Wildman–Crippen MR) is 66.2 cm³/mol. The average molecular weight is 292 g/mol. The van der Waals surface area contributed by atoms with Gasteiger partial charge < -0.3 is 9.73 Å². The van der Waals surface area contributed by atoms with Gasteiger partial charge in [0.25, 0.3) is 15.0 Å². The van der Waals surface area contributed by atoms with Crippen LogP contribution in [0, 0.1) is 6.92 Å². The summed E-state index contributed by atoms with van der Waals surface area (Å²) in [5, 5.41) is 2.83. The molecule has 5 nitrogen and oxygen atoms in total. The molecule has 1 aromatic heterocycles. The van der Waals surface area contributed by atoms with Crippen LogP contribution in [0.25, 0.3) is 0 Å². The quantitative estimate of drug-likeness (QED) is 0.866. The minimum Gasteiger partial charge on any atom is -0.455 e. The monoisotopic (exact) mass is 291 g/mol. The van der Waals surface area contributed by atoms with Gasteiger partial charge in [-0.3, -0.25) is 4.79 Å². The standard InChI is InChI=1S/C11H14ClNO4S/c1-7-9(18(12,15)16)6-8(17-7)10(14)13-11(2)4-3-5-11/h6H,3-5H2,1-2H3,(H,13,14). The fourth-order valence-electron chi connectivity index (χ4n) is 1.99. The van der Waals surface area contributed by atoms with Crippen molar-refractivity contribution in [2.45, 2.75) is 43.5 Å². The first-order chi connectivity index (χ1) is 8.21. The van der Waals surface area contributed by atoms with E-state index in [1.54, 1.807) is 0 Å². The smallest absolute Gasteiger partial charge is 0.287 e. The highest BCUT2D eigenvalue weighted by Crippen LogP contribution is 2.31. The van der Waals surface area contributed by atoms with E-state index in [1.807, 2.05) is 6.92 Å². The molecule has 1 heterocycles. The minimum absolute atomic E-state index is 0.0279. The van der Waals surface area contributed by atoms with Crippen LogP contribution >= 0.6 is 10.7 Å². The Bertz CT molecular complexity index is 586. The second kappa shape index (κ2) is 4.28. The summed E-state index contributed by atoms with van der Waals surface area (Å²) in [4.78, 5) is 11.7. The number of hydrogen-bond acceptors (Lipinski definition) is 4. The number of furan rings is 1. The van der Waals surface area contributed by atoms with E-state index in [0.717, 1.165) is 25.3 Å². The van der Waals surface area contributed by atoms with E-state index >= 15 is 0 Å². The molecule has 0 saturated heterocycles. The summed E-state index contributed by atoms with van der Waals surface area (Å²) < 4.78 is 27.6. The molecular formula is C11H14ClNO4S. The normalized spacial score (nSPS) is 18.2. The molecule has 0 atom stereocenters. The molecule has 1 N–H and O–H groups in total. The summed E-state index contributed by atoms with van der Waals surface area (Å²) in [5.74, 6) is -0.319. The Balaban J connectivity index is 2.22. The van der Waals surface area contributed by atoms with Crippen molar-refractivity contribution in [3.63, 3.8) is 0 Å². The topological polar surface area (TPSA) is 76.4 Å². The molecule has 1 aliphatic rings. The van der Waals surface area contributed by atoms with E-state index in [1.165, 1.54) is 6.92 Å². The minimum atomic E-state index is -3.88. The third kappa shape index (κ3) is 2.54. The molecule has 1 fully saturated rings. The van der Waals surface area contributed by atoms with Gasteiger partial charge in [0.1, 0.15) is 10.7 Å². The number of nitrogens with one attached hydrogen (secondary N) is 1. The second-order valence-corrected chi connectivity index (χ2v) is 7.37. The Morgan fingerprint density at radius 1 is 1.50 bits per heavy atom. The van der Waals surface area contributed by atoms with E-state index < -0.39 is 15.0 Å². The zero-order chi connectivity index (χ0) is 13.6. The van der Waals surface area contributed by atoms with E-state index in [-0.39, 0.29) is 22.0 Å². The van der Waals surface area contributed by atoms with Crippen LogP contribution in [0.2, 0.25) is 0 Å². The van der Waals surface area contributed by atoms with Gasteiger partial charge in [0.2, 0.25) is 0 Å². The number of hydrogen-bond donors (Lipinski definition) is 1. The van der Waals surface area contributed by atoms with Gasteiger partial charge in [-0.25, -0.2) is 8.42 Å². The molecule has 2 rings (SSSR count). The van der Waals surface area contributed by atoms with E-state index in [2.05, 4.69) is 5.32 Å². The first-order valence-electron chi connectivity index (χ1n) is 5.59. The van der Waals surface area contributed by atoms with Crippen molar-refractivity contribution < 1.29 is 17.6 Å². The van der Waals surface area contributed by atoms with E-state index in [9.17, 15) is 13.2 Å². The highest BCUT2D eigenvalue weighted by atomic mass is 35.7. The van der Waals surface area contributed by atoms with Gasteiger partial charge in [-0.15, -0.1) is 0 Å². The van der Waals surface area contributed by atoms with Crippen molar-refractivity contribution in [1.82, 2.24) is 5.32 Å². The van der Waals surface area contributed by atoms with Gasteiger partial charge in [-0.05, 0) is 33.1 Å². The summed E-state index contributed by atoms with van der Waals surface area (Å²) in [6.07, 6.45) is 2.91. The number of amides is 1. The first kappa shape index (κ1) is 13.4. The second-order valence-electron chi connectivity index (χ2n) is 4.84. The molecule has 1 saturated carbocycles. The summed E-state index contributed by atoms with van der Waals surface area (Å²) in [5.41, 5.74) is -0.211. The van der Waals surface area contributed by atoms with Crippen molar-refractivity contribution in [2.24, 2.45) is 0 Å². The summed E-state index contributed by atoms with van der Waals surface area (Å²) in [6.45, 7) is 3.40. The van der Waals surface area contributed by atoms with Crippen LogP contribution in [-0.4, -0.2) is 19.9 Å². The van der Waals surface area contributed by atoms with E-state index in [4.69, 9.17) is 15.1 Å². The van der Waals surface area contributed by atoms with E-state index in [0.29, 0.717) is 0 Å². The lowest BCUT2D eigenvalue weighted by Crippen LogP contribution is -2.50. The number of carbonyl (C=O) groups is 1. The van der Waals surface area contributed by atoms with Crippen molar-refractivity contribution >= 4 is 25.6 Å². The maximum atomic E-state index is 11.9. The maximum absolute atomic E-state index is 11.9. The van der Waals surface area contributed by atoms with Gasteiger partial charge in [-0.1, -0.05) is 0 Å². The molecule has 1 aromatic rings. The lowest BCUT2D eigenvalue weighted by Gasteiger charge is -2.38. The summed E-state index contributed by atoms with van der Waals surface area (Å²) in [7, 11) is 1.35. The van der Waals surface area contributed by atoms with Crippen molar-refractivity contribution in [1.29, 1.82) is 0 Å². The van der Waals surface area contributed by atoms with Crippen LogP contribution in [0.3, 0.4) is 0 Å². The number of halogens is 1. The third-order valence-corrected chi connectivity index (χ3v) is 4.66. The molecule has 0 aliphatic heterocycles. The fraction of sp³-hybridized carbons (Fsp3) is 0.545. The molecule has 0 spiro atoms. The first-order valence-corrected chi connectivity index (χ1v) is 7.90. The molecule has 7 heteroatoms. The number of rotatable bonds is 3. The zero-order valence-corrected chi connectivity index (χ0v) is 11.7. The Morgan fingerprint density at radius 3 is 2.50 bits per heavy atom. The molecule has 0 bridgehead atoms. The van der Waals surface area contributed by atoms with Gasteiger partial charge in [-0.2, -0.15) is 0 Å². The maximum Gasteiger partial charge on any atom is 0.287 e. The number of carbonyl (C=O) groups excluding carboxylic acids is 1. The fourth-order valence-corrected chi connectivity index (χ4v) is 3.08.